The number of nitrogens with one attached hydrogen (secondary N) is 3. The van der Waals surface area contributed by atoms with Crippen molar-refractivity contribution in [2.24, 2.45) is 0 Å². The molecular formula is C22H26N4O4. The average molecular weight is 410 g/mol. The van der Waals surface area contributed by atoms with Crippen molar-refractivity contribution in [3.8, 4) is 5.75 Å². The van der Waals surface area contributed by atoms with Crippen LogP contribution in [0.5, 0.6) is 5.75 Å². The maximum atomic E-state index is 12.8. The van der Waals surface area contributed by atoms with Crippen molar-refractivity contribution in [1.29, 1.82) is 0 Å². The van der Waals surface area contributed by atoms with Gasteiger partial charge in [0.15, 0.2) is 0 Å². The Morgan fingerprint density at radius 1 is 1.00 bits per heavy atom. The standard InChI is InChI=1S/C22H26N4O4/c1-3-30-19-11-9-16(10-12-19)25-22(29)26-13-5-8-20(26)21(28)24-18-7-4-6-17(14-18)23-15(2)27/h4,6-7,9-12,14,20H,3,5,8,13H2,1-2H3,(H,23,27)(H,24,28)(H,25,29)/t20-/m0/s1. The summed E-state index contributed by atoms with van der Waals surface area (Å²) < 4.78 is 5.40. The second kappa shape index (κ2) is 9.78. The van der Waals surface area contributed by atoms with E-state index in [0.717, 1.165) is 12.2 Å². The first-order chi connectivity index (χ1) is 14.5. The summed E-state index contributed by atoms with van der Waals surface area (Å²) >= 11 is 0. The van der Waals surface area contributed by atoms with Gasteiger partial charge in [-0.1, -0.05) is 6.07 Å². The Morgan fingerprint density at radius 3 is 2.37 bits per heavy atom. The van der Waals surface area contributed by atoms with Gasteiger partial charge >= 0.3 is 6.03 Å². The maximum absolute atomic E-state index is 12.8. The molecule has 0 aromatic heterocycles. The second-order valence-corrected chi connectivity index (χ2v) is 6.99. The molecule has 3 rings (SSSR count). The minimum absolute atomic E-state index is 0.189. The van der Waals surface area contributed by atoms with Gasteiger partial charge in [0.25, 0.3) is 0 Å². The van der Waals surface area contributed by atoms with Gasteiger partial charge in [0.05, 0.1) is 6.61 Å². The van der Waals surface area contributed by atoms with Gasteiger partial charge in [-0.05, 0) is 62.2 Å². The molecular weight excluding hydrogens is 384 g/mol. The van der Waals surface area contributed by atoms with Crippen molar-refractivity contribution >= 4 is 34.9 Å². The lowest BCUT2D eigenvalue weighted by molar-refractivity contribution is -0.119. The third-order valence-electron chi connectivity index (χ3n) is 4.68. The van der Waals surface area contributed by atoms with Crippen LogP contribution in [0.3, 0.4) is 0 Å². The van der Waals surface area contributed by atoms with Crippen LogP contribution in [0.4, 0.5) is 21.9 Å². The summed E-state index contributed by atoms with van der Waals surface area (Å²) in [6, 6.07) is 13.1. The van der Waals surface area contributed by atoms with Crippen molar-refractivity contribution in [3.63, 3.8) is 0 Å². The number of hydrogen-bond acceptors (Lipinski definition) is 4. The zero-order valence-electron chi connectivity index (χ0n) is 17.1. The maximum Gasteiger partial charge on any atom is 0.322 e. The van der Waals surface area contributed by atoms with Gasteiger partial charge in [-0.25, -0.2) is 4.79 Å². The van der Waals surface area contributed by atoms with Gasteiger partial charge in [-0.2, -0.15) is 0 Å². The Kier molecular flexibility index (Phi) is 6.90. The molecule has 1 atom stereocenters. The first kappa shape index (κ1) is 21.2. The van der Waals surface area contributed by atoms with E-state index in [1.807, 2.05) is 6.92 Å². The first-order valence-electron chi connectivity index (χ1n) is 9.95. The molecule has 0 aliphatic carbocycles. The number of rotatable bonds is 6. The molecule has 1 aliphatic heterocycles. The minimum Gasteiger partial charge on any atom is -0.494 e. The lowest BCUT2D eigenvalue weighted by atomic mass is 10.2. The van der Waals surface area contributed by atoms with E-state index in [2.05, 4.69) is 16.0 Å². The van der Waals surface area contributed by atoms with E-state index in [9.17, 15) is 14.4 Å². The van der Waals surface area contributed by atoms with Crippen molar-refractivity contribution in [3.05, 3.63) is 48.5 Å². The Labute approximate surface area is 175 Å². The molecule has 0 bridgehead atoms. The number of urea groups is 1. The molecule has 0 unspecified atom stereocenters. The second-order valence-electron chi connectivity index (χ2n) is 6.99. The van der Waals surface area contributed by atoms with E-state index < -0.39 is 6.04 Å². The molecule has 3 N–H and O–H groups in total. The van der Waals surface area contributed by atoms with Crippen LogP contribution in [-0.4, -0.2) is 41.9 Å². The molecule has 0 radical (unpaired) electrons. The molecule has 2 aromatic carbocycles. The van der Waals surface area contributed by atoms with Crippen molar-refractivity contribution in [2.45, 2.75) is 32.7 Å². The van der Waals surface area contributed by atoms with Gasteiger partial charge in [0.2, 0.25) is 11.8 Å². The van der Waals surface area contributed by atoms with E-state index in [1.54, 1.807) is 53.4 Å². The number of carbonyl (C=O) groups excluding carboxylic acids is 3. The molecule has 30 heavy (non-hydrogen) atoms. The number of ether oxygens (including phenoxy) is 1. The van der Waals surface area contributed by atoms with Gasteiger partial charge < -0.3 is 25.6 Å². The van der Waals surface area contributed by atoms with Gasteiger partial charge in [0, 0.05) is 30.5 Å². The van der Waals surface area contributed by atoms with E-state index in [0.29, 0.717) is 36.6 Å². The molecule has 158 valence electrons. The number of amides is 4. The zero-order chi connectivity index (χ0) is 21.5. The molecule has 2 aromatic rings. The number of hydrogen-bond donors (Lipinski definition) is 3. The summed E-state index contributed by atoms with van der Waals surface area (Å²) in [5.41, 5.74) is 1.79. The van der Waals surface area contributed by atoms with Crippen LogP contribution in [-0.2, 0) is 9.59 Å². The monoisotopic (exact) mass is 410 g/mol. The largest absolute Gasteiger partial charge is 0.494 e. The highest BCUT2D eigenvalue weighted by Gasteiger charge is 2.34. The van der Waals surface area contributed by atoms with E-state index >= 15 is 0 Å². The Bertz CT molecular complexity index is 914. The van der Waals surface area contributed by atoms with Crippen LogP contribution < -0.4 is 20.7 Å². The molecule has 0 saturated carbocycles. The number of anilines is 3. The van der Waals surface area contributed by atoms with E-state index in [4.69, 9.17) is 4.74 Å². The summed E-state index contributed by atoms with van der Waals surface area (Å²) in [4.78, 5) is 38.3. The van der Waals surface area contributed by atoms with Crippen molar-refractivity contribution < 1.29 is 19.1 Å². The number of nitrogens with zero attached hydrogens (tertiary/aromatic N) is 1. The van der Waals surface area contributed by atoms with E-state index in [-0.39, 0.29) is 17.8 Å². The summed E-state index contributed by atoms with van der Waals surface area (Å²) in [5.74, 6) is 0.288. The molecule has 4 amide bonds. The summed E-state index contributed by atoms with van der Waals surface area (Å²) in [6.07, 6.45) is 1.34. The Hall–Kier alpha value is -3.55. The number of carbonyl (C=O) groups is 3. The summed E-state index contributed by atoms with van der Waals surface area (Å²) in [5, 5.41) is 8.36. The van der Waals surface area contributed by atoms with Gasteiger partial charge in [-0.3, -0.25) is 9.59 Å². The smallest absolute Gasteiger partial charge is 0.322 e. The highest BCUT2D eigenvalue weighted by Crippen LogP contribution is 2.23. The van der Waals surface area contributed by atoms with Gasteiger partial charge in [0.1, 0.15) is 11.8 Å². The molecule has 1 saturated heterocycles. The number of likely N-dealkylation sites (tertiary alicyclic amines) is 1. The fraction of sp³-hybridized carbons (Fsp3) is 0.318. The average Bonchev–Trinajstić information content (AvgIpc) is 3.20. The number of benzene rings is 2. The predicted molar refractivity (Wildman–Crippen MR) is 116 cm³/mol. The topological polar surface area (TPSA) is 99.8 Å². The first-order valence-corrected chi connectivity index (χ1v) is 9.95. The van der Waals surface area contributed by atoms with Crippen molar-refractivity contribution in [2.75, 3.05) is 29.1 Å². The lowest BCUT2D eigenvalue weighted by Gasteiger charge is -2.24. The van der Waals surface area contributed by atoms with Crippen LogP contribution in [0.25, 0.3) is 0 Å². The molecule has 1 fully saturated rings. The SMILES string of the molecule is CCOc1ccc(NC(=O)N2CCC[C@H]2C(=O)Nc2cccc(NC(C)=O)c2)cc1. The lowest BCUT2D eigenvalue weighted by Crippen LogP contribution is -2.45. The van der Waals surface area contributed by atoms with Crippen LogP contribution >= 0.6 is 0 Å². The van der Waals surface area contributed by atoms with E-state index in [1.165, 1.54) is 6.92 Å². The molecule has 8 nitrogen and oxygen atoms in total. The Balaban J connectivity index is 1.62. The minimum atomic E-state index is -0.558. The molecule has 0 spiro atoms. The van der Waals surface area contributed by atoms with Crippen molar-refractivity contribution in [1.82, 2.24) is 4.90 Å². The van der Waals surface area contributed by atoms with Gasteiger partial charge in [-0.15, -0.1) is 0 Å². The molecule has 8 heteroatoms. The fourth-order valence-electron chi connectivity index (χ4n) is 3.38. The highest BCUT2D eigenvalue weighted by molar-refractivity contribution is 6.00. The summed E-state index contributed by atoms with van der Waals surface area (Å²) in [7, 11) is 0. The van der Waals surface area contributed by atoms with Crippen LogP contribution in [0, 0.1) is 0 Å². The Morgan fingerprint density at radius 2 is 1.70 bits per heavy atom. The predicted octanol–water partition coefficient (Wildman–Crippen LogP) is 3.68. The fourth-order valence-corrected chi connectivity index (χ4v) is 3.38. The third-order valence-corrected chi connectivity index (χ3v) is 4.68. The van der Waals surface area contributed by atoms with Crippen LogP contribution in [0.15, 0.2) is 48.5 Å². The van der Waals surface area contributed by atoms with Crippen LogP contribution in [0.2, 0.25) is 0 Å². The summed E-state index contributed by atoms with van der Waals surface area (Å²) in [6.45, 7) is 4.41. The van der Waals surface area contributed by atoms with Crippen LogP contribution in [0.1, 0.15) is 26.7 Å². The molecule has 1 aliphatic rings. The normalized spacial score (nSPS) is 15.4. The zero-order valence-corrected chi connectivity index (χ0v) is 17.1. The highest BCUT2D eigenvalue weighted by atomic mass is 16.5. The molecule has 1 heterocycles. The quantitative estimate of drug-likeness (QED) is 0.676. The third kappa shape index (κ3) is 5.50.